The summed E-state index contributed by atoms with van der Waals surface area (Å²) < 4.78 is 9.32. The number of rotatable bonds is 10. The Hall–Kier alpha value is -5.90. The molecule has 0 fully saturated rings. The van der Waals surface area contributed by atoms with Gasteiger partial charge in [0.2, 0.25) is 0 Å². The first-order chi connectivity index (χ1) is 33.0. The van der Waals surface area contributed by atoms with E-state index in [1.54, 1.807) is 0 Å². The van der Waals surface area contributed by atoms with Gasteiger partial charge in [-0.25, -0.2) is 4.98 Å². The number of fused-ring (bicyclic) bond motifs is 3. The van der Waals surface area contributed by atoms with Crippen LogP contribution in [0.25, 0.3) is 38.8 Å². The minimum absolute atomic E-state index is 0. The molecule has 0 spiro atoms. The smallest absolute Gasteiger partial charge is 0.135 e. The minimum atomic E-state index is -0.234. The zero-order valence-electron chi connectivity index (χ0n) is 44.5. The standard InChI is InChI=1S/C65H71N4O.Pt/c1-42(2)54-22-19-23-55(43(3)4)61(54)44-32-50(67-30-31-68(41-67)51-35-48(63(8,9)10)34-49(36-51)64(11,12)13)39-53(33-44)70-52-25-27-57-56-26-24-47(65(14,15)45-20-17-16-18-21-45)37-58(56)69(59(57)40-52)60-38-46(28-29-66-60)62(5,6)7;/h16-38,41-43H,1-15H3;/q-3;. The van der Waals surface area contributed by atoms with E-state index in [1.807, 2.05) is 12.3 Å². The van der Waals surface area contributed by atoms with Gasteiger partial charge >= 0.3 is 0 Å². The van der Waals surface area contributed by atoms with Gasteiger partial charge in [0.1, 0.15) is 5.82 Å². The van der Waals surface area contributed by atoms with Crippen LogP contribution >= 0.6 is 0 Å². The number of hydrogen-bond donors (Lipinski definition) is 0. The number of pyridine rings is 1. The van der Waals surface area contributed by atoms with E-state index < -0.39 is 0 Å². The van der Waals surface area contributed by atoms with Crippen molar-refractivity contribution in [3.8, 4) is 28.4 Å². The second kappa shape index (κ2) is 19.3. The van der Waals surface area contributed by atoms with Gasteiger partial charge < -0.3 is 19.1 Å². The van der Waals surface area contributed by atoms with Gasteiger partial charge in [-0.05, 0) is 121 Å². The zero-order chi connectivity index (χ0) is 50.1. The molecule has 5 nitrogen and oxygen atoms in total. The molecule has 0 N–H and O–H groups in total. The molecule has 9 rings (SSSR count). The number of hydrogen-bond acceptors (Lipinski definition) is 4. The van der Waals surface area contributed by atoms with Crippen LogP contribution in [0.4, 0.5) is 11.4 Å². The Labute approximate surface area is 439 Å². The van der Waals surface area contributed by atoms with Crippen LogP contribution in [-0.2, 0) is 42.7 Å². The van der Waals surface area contributed by atoms with Crippen LogP contribution in [0, 0.1) is 18.8 Å². The topological polar surface area (TPSA) is 33.5 Å². The summed E-state index contributed by atoms with van der Waals surface area (Å²) in [4.78, 5) is 9.43. The summed E-state index contributed by atoms with van der Waals surface area (Å²) in [6.07, 6.45) is 6.20. The van der Waals surface area contributed by atoms with Crippen LogP contribution in [0.5, 0.6) is 11.5 Å². The van der Waals surface area contributed by atoms with Gasteiger partial charge in [0.05, 0.1) is 0 Å². The Kier molecular flexibility index (Phi) is 14.0. The zero-order valence-corrected chi connectivity index (χ0v) is 46.8. The van der Waals surface area contributed by atoms with Gasteiger partial charge in [0.15, 0.2) is 0 Å². The fourth-order valence-electron chi connectivity index (χ4n) is 9.78. The molecule has 6 aromatic carbocycles. The fourth-order valence-corrected chi connectivity index (χ4v) is 9.78. The van der Waals surface area contributed by atoms with Crippen LogP contribution in [0.3, 0.4) is 0 Å². The van der Waals surface area contributed by atoms with Gasteiger partial charge in [-0.15, -0.1) is 53.6 Å². The van der Waals surface area contributed by atoms with Crippen LogP contribution in [0.1, 0.15) is 155 Å². The summed E-state index contributed by atoms with van der Waals surface area (Å²) in [5.41, 5.74) is 15.0. The molecule has 0 aliphatic carbocycles. The molecule has 0 unspecified atom stereocenters. The minimum Gasteiger partial charge on any atom is -0.509 e. The molecule has 0 radical (unpaired) electrons. The summed E-state index contributed by atoms with van der Waals surface area (Å²) >= 11 is 0. The number of ether oxygens (including phenoxy) is 1. The average molecular weight is 1120 g/mol. The van der Waals surface area contributed by atoms with E-state index >= 15 is 0 Å². The molecule has 2 aromatic heterocycles. The van der Waals surface area contributed by atoms with Crippen molar-refractivity contribution in [1.82, 2.24) is 9.55 Å². The van der Waals surface area contributed by atoms with Crippen LogP contribution in [-0.4, -0.2) is 9.55 Å². The van der Waals surface area contributed by atoms with Crippen LogP contribution in [0.2, 0.25) is 0 Å². The normalized spacial score (nSPS) is 13.5. The number of benzene rings is 6. The molecule has 0 atom stereocenters. The maximum Gasteiger partial charge on any atom is 0.135 e. The molecule has 3 heterocycles. The Morgan fingerprint density at radius 2 is 1.15 bits per heavy atom. The van der Waals surface area contributed by atoms with Crippen molar-refractivity contribution in [3.63, 3.8) is 0 Å². The van der Waals surface area contributed by atoms with Gasteiger partial charge in [-0.3, -0.25) is 0 Å². The summed E-state index contributed by atoms with van der Waals surface area (Å²) in [5, 5.41) is 2.22. The van der Waals surface area contributed by atoms with E-state index in [9.17, 15) is 0 Å². The summed E-state index contributed by atoms with van der Waals surface area (Å²) in [5.74, 6) is 2.69. The number of nitrogens with zero attached hydrogens (tertiary/aromatic N) is 4. The van der Waals surface area contributed by atoms with Crippen LogP contribution < -0.4 is 14.5 Å². The van der Waals surface area contributed by atoms with Crippen molar-refractivity contribution in [2.45, 2.75) is 137 Å². The quantitative estimate of drug-likeness (QED) is 0.128. The van der Waals surface area contributed by atoms with E-state index in [0.29, 0.717) is 23.3 Å². The number of anilines is 2. The summed E-state index contributed by atoms with van der Waals surface area (Å²) in [6, 6.07) is 52.0. The predicted molar refractivity (Wildman–Crippen MR) is 296 cm³/mol. The predicted octanol–water partition coefficient (Wildman–Crippen LogP) is 17.6. The molecule has 1 aliphatic rings. The molecule has 0 saturated carbocycles. The summed E-state index contributed by atoms with van der Waals surface area (Å²) in [7, 11) is 0. The molecule has 6 heteroatoms. The van der Waals surface area contributed by atoms with Gasteiger partial charge in [-0.2, -0.15) is 6.07 Å². The molecule has 8 aromatic rings. The molecular weight excluding hydrogens is 1050 g/mol. The van der Waals surface area contributed by atoms with Crippen LogP contribution in [0.15, 0.2) is 140 Å². The third-order valence-corrected chi connectivity index (χ3v) is 14.3. The van der Waals surface area contributed by atoms with Gasteiger partial charge in [-0.1, -0.05) is 176 Å². The van der Waals surface area contributed by atoms with Crippen molar-refractivity contribution in [2.24, 2.45) is 0 Å². The largest absolute Gasteiger partial charge is 0.509 e. The molecule has 0 amide bonds. The van der Waals surface area contributed by atoms with Crippen molar-refractivity contribution in [1.29, 1.82) is 0 Å². The first-order valence-corrected chi connectivity index (χ1v) is 25.2. The van der Waals surface area contributed by atoms with Gasteiger partial charge in [0, 0.05) is 55.4 Å². The van der Waals surface area contributed by atoms with E-state index in [1.165, 1.54) is 44.5 Å². The Morgan fingerprint density at radius 3 is 1.77 bits per heavy atom. The summed E-state index contributed by atoms with van der Waals surface area (Å²) in [6.45, 7) is 36.4. The molecule has 370 valence electrons. The van der Waals surface area contributed by atoms with Gasteiger partial charge in [0.25, 0.3) is 0 Å². The van der Waals surface area contributed by atoms with E-state index in [2.05, 4.69) is 265 Å². The van der Waals surface area contributed by atoms with Crippen molar-refractivity contribution < 1.29 is 25.8 Å². The third-order valence-electron chi connectivity index (χ3n) is 14.3. The molecule has 1 aliphatic heterocycles. The first kappa shape index (κ1) is 51.5. The van der Waals surface area contributed by atoms with E-state index in [0.717, 1.165) is 44.6 Å². The van der Waals surface area contributed by atoms with E-state index in [4.69, 9.17) is 9.72 Å². The molecular formula is C65H71N4OPt-3. The maximum absolute atomic E-state index is 7.04. The first-order valence-electron chi connectivity index (χ1n) is 25.2. The molecule has 0 saturated heterocycles. The van der Waals surface area contributed by atoms with Crippen molar-refractivity contribution in [3.05, 3.63) is 198 Å². The third kappa shape index (κ3) is 10.3. The second-order valence-corrected chi connectivity index (χ2v) is 23.6. The Morgan fingerprint density at radius 1 is 0.535 bits per heavy atom. The SMILES string of the molecule is CC(C)c1cccc(C(C)C)c1-c1cc(Oc2[c-]c3c(cc2)c2ccc(C(C)(C)c4ccccc4)cc2n3-c2cc(C(C)(C)C)ccn2)[c-]c(N2C=CN(c3cc(C(C)(C)C)cc(C(C)(C)C)c3)[CH-]2)c1.[Pt]. The second-order valence-electron chi connectivity index (χ2n) is 23.6. The molecule has 0 bridgehead atoms. The Bertz CT molecular complexity index is 3200. The monoisotopic (exact) mass is 1120 g/mol. The molecule has 71 heavy (non-hydrogen) atoms. The fraction of sp³-hybridized carbons (Fsp3) is 0.323. The average Bonchev–Trinajstić information content (AvgIpc) is 3.94. The Balaban J connectivity index is 0.00000676. The van der Waals surface area contributed by atoms with Crippen molar-refractivity contribution >= 4 is 33.2 Å². The van der Waals surface area contributed by atoms with Crippen molar-refractivity contribution in [2.75, 3.05) is 9.80 Å². The maximum atomic E-state index is 7.04. The van der Waals surface area contributed by atoms with E-state index in [-0.39, 0.29) is 42.7 Å². The number of aromatic nitrogens is 2.